The summed E-state index contributed by atoms with van der Waals surface area (Å²) < 4.78 is 63.6. The summed E-state index contributed by atoms with van der Waals surface area (Å²) in [5, 5.41) is 6.50. The van der Waals surface area contributed by atoms with E-state index >= 15 is 0 Å². The maximum absolute atomic E-state index is 14.5. The van der Waals surface area contributed by atoms with E-state index in [4.69, 9.17) is 16.2 Å². The van der Waals surface area contributed by atoms with E-state index in [0.29, 0.717) is 5.82 Å². The highest BCUT2D eigenvalue weighted by molar-refractivity contribution is 7.19. The molecule has 14 heteroatoms. The van der Waals surface area contributed by atoms with Crippen LogP contribution in [0.5, 0.6) is 5.75 Å². The van der Waals surface area contributed by atoms with Gasteiger partial charge in [0.05, 0.1) is 25.4 Å². The van der Waals surface area contributed by atoms with Gasteiger partial charge in [-0.2, -0.15) is 5.10 Å². The highest BCUT2D eigenvalue weighted by atomic mass is 32.1. The van der Waals surface area contributed by atoms with Crippen LogP contribution in [0.1, 0.15) is 16.9 Å². The van der Waals surface area contributed by atoms with Gasteiger partial charge in [0, 0.05) is 31.8 Å². The first-order valence-electron chi connectivity index (χ1n) is 10.5. The minimum atomic E-state index is -1.82. The van der Waals surface area contributed by atoms with Crippen molar-refractivity contribution in [2.45, 2.75) is 24.8 Å². The fourth-order valence-electron chi connectivity index (χ4n) is 3.88. The Morgan fingerprint density at radius 1 is 1.29 bits per heavy atom. The fraction of sp³-hybridized carbons (Fsp3) is 0.381. The van der Waals surface area contributed by atoms with Crippen molar-refractivity contribution in [3.63, 3.8) is 0 Å². The maximum atomic E-state index is 14.5. The van der Waals surface area contributed by atoms with Crippen LogP contribution in [-0.4, -0.2) is 59.3 Å². The number of carbonyl (C=O) groups excluding carboxylic acids is 1. The van der Waals surface area contributed by atoms with E-state index in [2.05, 4.69) is 15.4 Å². The number of thiazole rings is 1. The molecular weight excluding hydrogens is 490 g/mol. The molecule has 2 aromatic heterocycles. The maximum Gasteiger partial charge on any atom is 0.277 e. The number of hydrogen-bond donors (Lipinski definition) is 3. The molecule has 9 nitrogen and oxygen atoms in total. The number of rotatable bonds is 5. The standard InChI is InChI=1S/C21H23F4N7O2S/c1-31-21(32-4-3-13(26)16(25)12(24)8-32)14(7-28-31)29-19(33)17-18(27)35-20(30-17)15-10(22)5-9(34-2)6-11(15)23/h5-7,12-13,16H,3-4,8,26-27H2,1-2H3,(H,29,33). The van der Waals surface area contributed by atoms with Crippen molar-refractivity contribution in [1.29, 1.82) is 0 Å². The summed E-state index contributed by atoms with van der Waals surface area (Å²) in [6.07, 6.45) is -2.10. The second kappa shape index (κ2) is 9.70. The molecule has 1 aliphatic rings. The quantitative estimate of drug-likeness (QED) is 0.448. The number of anilines is 3. The number of nitrogens with zero attached hydrogens (tertiary/aromatic N) is 4. The summed E-state index contributed by atoms with van der Waals surface area (Å²) in [7, 11) is 2.86. The number of alkyl halides is 2. The van der Waals surface area contributed by atoms with Gasteiger partial charge in [0.25, 0.3) is 5.91 Å². The first kappa shape index (κ1) is 24.7. The minimum Gasteiger partial charge on any atom is -0.497 e. The number of nitrogens with one attached hydrogen (secondary N) is 1. The van der Waals surface area contributed by atoms with Gasteiger partial charge in [0.15, 0.2) is 17.7 Å². The van der Waals surface area contributed by atoms with Gasteiger partial charge < -0.3 is 26.4 Å². The van der Waals surface area contributed by atoms with Gasteiger partial charge in [-0.05, 0) is 6.42 Å². The smallest absolute Gasteiger partial charge is 0.277 e. The van der Waals surface area contributed by atoms with E-state index in [1.807, 2.05) is 0 Å². The number of aromatic nitrogens is 3. The van der Waals surface area contributed by atoms with Gasteiger partial charge in [-0.3, -0.25) is 9.48 Å². The van der Waals surface area contributed by atoms with Crippen LogP contribution in [0.25, 0.3) is 10.6 Å². The van der Waals surface area contributed by atoms with E-state index in [9.17, 15) is 22.4 Å². The predicted molar refractivity (Wildman–Crippen MR) is 124 cm³/mol. The number of benzene rings is 1. The van der Waals surface area contributed by atoms with Gasteiger partial charge in [-0.15, -0.1) is 0 Å². The molecule has 3 heterocycles. The molecule has 1 fully saturated rings. The van der Waals surface area contributed by atoms with Crippen LogP contribution < -0.4 is 26.4 Å². The van der Waals surface area contributed by atoms with Gasteiger partial charge >= 0.3 is 0 Å². The monoisotopic (exact) mass is 513 g/mol. The van der Waals surface area contributed by atoms with E-state index < -0.39 is 41.5 Å². The number of carbonyl (C=O) groups is 1. The third-order valence-electron chi connectivity index (χ3n) is 5.67. The van der Waals surface area contributed by atoms with Crippen molar-refractivity contribution in [2.75, 3.05) is 36.1 Å². The van der Waals surface area contributed by atoms with E-state index in [-0.39, 0.29) is 46.6 Å². The Morgan fingerprint density at radius 3 is 2.63 bits per heavy atom. The Bertz CT molecular complexity index is 1230. The summed E-state index contributed by atoms with van der Waals surface area (Å²) in [6.45, 7) is -0.0420. The number of amides is 1. The van der Waals surface area contributed by atoms with Gasteiger partial charge in [0.2, 0.25) is 0 Å². The zero-order valence-corrected chi connectivity index (χ0v) is 19.6. The van der Waals surface area contributed by atoms with Crippen molar-refractivity contribution >= 4 is 33.8 Å². The topological polar surface area (TPSA) is 124 Å². The van der Waals surface area contributed by atoms with Crippen LogP contribution in [0.2, 0.25) is 0 Å². The van der Waals surface area contributed by atoms with Crippen molar-refractivity contribution < 1.29 is 27.1 Å². The molecule has 35 heavy (non-hydrogen) atoms. The third-order valence-corrected chi connectivity index (χ3v) is 6.57. The molecule has 1 aliphatic heterocycles. The molecule has 0 spiro atoms. The number of aryl methyl sites for hydroxylation is 1. The number of halogens is 4. The van der Waals surface area contributed by atoms with Crippen LogP contribution in [-0.2, 0) is 7.05 Å². The highest BCUT2D eigenvalue weighted by Crippen LogP contribution is 2.36. The lowest BCUT2D eigenvalue weighted by Gasteiger charge is -2.25. The number of ether oxygens (including phenoxy) is 1. The van der Waals surface area contributed by atoms with Crippen LogP contribution in [0.3, 0.4) is 0 Å². The lowest BCUT2D eigenvalue weighted by Crippen LogP contribution is -2.38. The molecule has 3 aromatic rings. The van der Waals surface area contributed by atoms with Crippen molar-refractivity contribution in [3.05, 3.63) is 35.7 Å². The molecular formula is C21H23F4N7O2S. The summed E-state index contributed by atoms with van der Waals surface area (Å²) in [6, 6.07) is 1.03. The minimum absolute atomic E-state index is 0.0144. The second-order valence-electron chi connectivity index (χ2n) is 8.02. The average Bonchev–Trinajstić information content (AvgIpc) is 3.33. The molecule has 1 saturated heterocycles. The number of methoxy groups -OCH3 is 1. The Balaban J connectivity index is 1.60. The molecule has 5 N–H and O–H groups in total. The average molecular weight is 514 g/mol. The zero-order chi connectivity index (χ0) is 25.4. The van der Waals surface area contributed by atoms with Crippen LogP contribution >= 0.6 is 11.3 Å². The normalized spacial score (nSPS) is 20.5. The van der Waals surface area contributed by atoms with Gasteiger partial charge in [0.1, 0.15) is 39.3 Å². The number of hydrogen-bond acceptors (Lipinski definition) is 8. The van der Waals surface area contributed by atoms with Crippen LogP contribution in [0.4, 0.5) is 34.1 Å². The zero-order valence-electron chi connectivity index (χ0n) is 18.8. The SMILES string of the molecule is COc1cc(F)c(-c2nc(C(=O)Nc3cnn(C)c3N3CCC(N)C(F)C(F)C3)c(N)s2)c(F)c1. The Kier molecular flexibility index (Phi) is 6.85. The lowest BCUT2D eigenvalue weighted by atomic mass is 10.1. The summed E-state index contributed by atoms with van der Waals surface area (Å²) in [4.78, 5) is 18.6. The molecule has 0 radical (unpaired) electrons. The molecule has 3 atom stereocenters. The van der Waals surface area contributed by atoms with Crippen LogP contribution in [0, 0.1) is 11.6 Å². The molecule has 188 valence electrons. The fourth-order valence-corrected chi connectivity index (χ4v) is 4.75. The van der Waals surface area contributed by atoms with E-state index in [0.717, 1.165) is 23.5 Å². The summed E-state index contributed by atoms with van der Waals surface area (Å²) in [5.41, 5.74) is 11.1. The largest absolute Gasteiger partial charge is 0.497 e. The second-order valence-corrected chi connectivity index (χ2v) is 9.05. The Morgan fingerprint density at radius 2 is 1.97 bits per heavy atom. The summed E-state index contributed by atoms with van der Waals surface area (Å²) in [5.74, 6) is -2.30. The summed E-state index contributed by atoms with van der Waals surface area (Å²) >= 11 is 0.738. The van der Waals surface area contributed by atoms with Gasteiger partial charge in [-0.1, -0.05) is 11.3 Å². The molecule has 0 saturated carbocycles. The molecule has 1 aromatic carbocycles. The molecule has 1 amide bonds. The van der Waals surface area contributed by atoms with E-state index in [1.165, 1.54) is 18.0 Å². The molecule has 3 unspecified atom stereocenters. The first-order valence-corrected chi connectivity index (χ1v) is 11.3. The highest BCUT2D eigenvalue weighted by Gasteiger charge is 2.34. The molecule has 0 aliphatic carbocycles. The number of nitrogens with two attached hydrogens (primary N) is 2. The van der Waals surface area contributed by atoms with Gasteiger partial charge in [-0.25, -0.2) is 22.5 Å². The van der Waals surface area contributed by atoms with Crippen molar-refractivity contribution in [3.8, 4) is 16.3 Å². The number of nitrogen functional groups attached to an aromatic ring is 1. The molecule has 4 rings (SSSR count). The first-order chi connectivity index (χ1) is 16.6. The van der Waals surface area contributed by atoms with E-state index in [1.54, 1.807) is 11.9 Å². The lowest BCUT2D eigenvalue weighted by molar-refractivity contribution is 0.102. The third kappa shape index (κ3) is 4.75. The molecule has 0 bridgehead atoms. The Labute approximate surface area is 201 Å². The Hall–Kier alpha value is -3.39. The van der Waals surface area contributed by atoms with Crippen molar-refractivity contribution in [1.82, 2.24) is 14.8 Å². The predicted octanol–water partition coefficient (Wildman–Crippen LogP) is 2.88. The van der Waals surface area contributed by atoms with Crippen molar-refractivity contribution in [2.24, 2.45) is 12.8 Å². The van der Waals surface area contributed by atoms with Crippen LogP contribution in [0.15, 0.2) is 18.3 Å².